The predicted octanol–water partition coefficient (Wildman–Crippen LogP) is 2.56. The zero-order valence-electron chi connectivity index (χ0n) is 16.1. The van der Waals surface area contributed by atoms with Crippen LogP contribution < -0.4 is 10.9 Å². The van der Waals surface area contributed by atoms with Crippen LogP contribution in [-0.4, -0.2) is 43.6 Å². The number of aromatic nitrogens is 4. The van der Waals surface area contributed by atoms with Crippen molar-refractivity contribution in [1.82, 2.24) is 24.4 Å². The van der Waals surface area contributed by atoms with Crippen molar-refractivity contribution >= 4 is 16.7 Å². The first-order valence-corrected chi connectivity index (χ1v) is 9.98. The number of anilines is 1. The second-order valence-corrected chi connectivity index (χ2v) is 7.85. The van der Waals surface area contributed by atoms with Gasteiger partial charge in [0.2, 0.25) is 0 Å². The highest BCUT2D eigenvalue weighted by atomic mass is 16.1. The van der Waals surface area contributed by atoms with Crippen LogP contribution in [0.2, 0.25) is 0 Å². The molecular formula is C21H24N6O. The molecule has 1 aliphatic heterocycles. The molecule has 1 aliphatic carbocycles. The third kappa shape index (κ3) is 3.38. The lowest BCUT2D eigenvalue weighted by Gasteiger charge is -2.14. The SMILES string of the molecule is Cn1cnc2cc(-c3ccc(CN4CCCC4)nc3)nc(NC3CC3)c2c1=O. The number of likely N-dealkylation sites (tertiary alicyclic amines) is 1. The molecule has 28 heavy (non-hydrogen) atoms. The van der Waals surface area contributed by atoms with E-state index < -0.39 is 0 Å². The molecule has 0 bridgehead atoms. The van der Waals surface area contributed by atoms with Crippen LogP contribution in [0, 0.1) is 0 Å². The second kappa shape index (κ2) is 6.98. The topological polar surface area (TPSA) is 75.9 Å². The average molecular weight is 376 g/mol. The van der Waals surface area contributed by atoms with Crippen LogP contribution in [0.4, 0.5) is 5.82 Å². The van der Waals surface area contributed by atoms with E-state index in [0.29, 0.717) is 22.8 Å². The number of aryl methyl sites for hydroxylation is 1. The first kappa shape index (κ1) is 17.3. The summed E-state index contributed by atoms with van der Waals surface area (Å²) in [7, 11) is 1.71. The summed E-state index contributed by atoms with van der Waals surface area (Å²) < 4.78 is 1.50. The zero-order valence-corrected chi connectivity index (χ0v) is 16.1. The normalized spacial score (nSPS) is 17.3. The van der Waals surface area contributed by atoms with Crippen molar-refractivity contribution in [3.8, 4) is 11.3 Å². The molecule has 144 valence electrons. The molecule has 7 nitrogen and oxygen atoms in total. The van der Waals surface area contributed by atoms with Crippen LogP contribution in [0.5, 0.6) is 0 Å². The van der Waals surface area contributed by atoms with E-state index in [4.69, 9.17) is 4.98 Å². The molecule has 0 atom stereocenters. The number of pyridine rings is 2. The minimum absolute atomic E-state index is 0.0775. The average Bonchev–Trinajstić information content (AvgIpc) is 3.37. The number of nitrogens with one attached hydrogen (secondary N) is 1. The fourth-order valence-corrected chi connectivity index (χ4v) is 3.73. The second-order valence-electron chi connectivity index (χ2n) is 7.85. The van der Waals surface area contributed by atoms with Crippen LogP contribution in [0.3, 0.4) is 0 Å². The van der Waals surface area contributed by atoms with Gasteiger partial charge in [-0.05, 0) is 57.0 Å². The Balaban J connectivity index is 1.51. The Morgan fingerprint density at radius 3 is 2.71 bits per heavy atom. The van der Waals surface area contributed by atoms with Crippen molar-refractivity contribution in [1.29, 1.82) is 0 Å². The van der Waals surface area contributed by atoms with Gasteiger partial charge in [0.1, 0.15) is 11.2 Å². The van der Waals surface area contributed by atoms with Crippen molar-refractivity contribution in [2.75, 3.05) is 18.4 Å². The Labute approximate surface area is 163 Å². The molecule has 3 aromatic heterocycles. The number of fused-ring (bicyclic) bond motifs is 1. The molecule has 1 saturated carbocycles. The molecule has 0 radical (unpaired) electrons. The van der Waals surface area contributed by atoms with E-state index in [0.717, 1.165) is 49.4 Å². The van der Waals surface area contributed by atoms with E-state index in [1.54, 1.807) is 13.4 Å². The Morgan fingerprint density at radius 1 is 1.18 bits per heavy atom. The van der Waals surface area contributed by atoms with Gasteiger partial charge in [-0.25, -0.2) is 9.97 Å². The molecule has 0 unspecified atom stereocenters. The highest BCUT2D eigenvalue weighted by Crippen LogP contribution is 2.29. The maximum atomic E-state index is 12.6. The monoisotopic (exact) mass is 376 g/mol. The summed E-state index contributed by atoms with van der Waals surface area (Å²) in [5, 5.41) is 3.96. The molecule has 3 aromatic rings. The van der Waals surface area contributed by atoms with Gasteiger partial charge in [-0.2, -0.15) is 0 Å². The van der Waals surface area contributed by atoms with Gasteiger partial charge in [0.15, 0.2) is 0 Å². The largest absolute Gasteiger partial charge is 0.367 e. The predicted molar refractivity (Wildman–Crippen MR) is 109 cm³/mol. The molecular weight excluding hydrogens is 352 g/mol. The summed E-state index contributed by atoms with van der Waals surface area (Å²) in [5.41, 5.74) is 3.39. The van der Waals surface area contributed by atoms with E-state index >= 15 is 0 Å². The van der Waals surface area contributed by atoms with Crippen LogP contribution in [0.25, 0.3) is 22.2 Å². The molecule has 0 spiro atoms. The van der Waals surface area contributed by atoms with Gasteiger partial charge in [0.25, 0.3) is 5.56 Å². The maximum Gasteiger partial charge on any atom is 0.264 e. The van der Waals surface area contributed by atoms with Gasteiger partial charge in [-0.1, -0.05) is 0 Å². The third-order valence-electron chi connectivity index (χ3n) is 5.53. The molecule has 2 fully saturated rings. The number of nitrogens with zero attached hydrogens (tertiary/aromatic N) is 5. The smallest absolute Gasteiger partial charge is 0.264 e. The fraction of sp³-hybridized carbons (Fsp3) is 0.429. The quantitative estimate of drug-likeness (QED) is 0.738. The van der Waals surface area contributed by atoms with Crippen LogP contribution in [0.15, 0.2) is 35.5 Å². The summed E-state index contributed by atoms with van der Waals surface area (Å²) >= 11 is 0. The molecule has 7 heteroatoms. The Bertz CT molecular complexity index is 1060. The number of hydrogen-bond donors (Lipinski definition) is 1. The van der Waals surface area contributed by atoms with E-state index in [1.807, 2.05) is 12.3 Å². The third-order valence-corrected chi connectivity index (χ3v) is 5.53. The van der Waals surface area contributed by atoms with Crippen molar-refractivity contribution in [3.05, 3.63) is 46.8 Å². The van der Waals surface area contributed by atoms with E-state index in [-0.39, 0.29) is 5.56 Å². The van der Waals surface area contributed by atoms with Crippen molar-refractivity contribution in [2.24, 2.45) is 7.05 Å². The summed E-state index contributed by atoms with van der Waals surface area (Å²) in [5.74, 6) is 0.629. The van der Waals surface area contributed by atoms with Crippen molar-refractivity contribution < 1.29 is 0 Å². The molecule has 1 N–H and O–H groups in total. The molecule has 0 aromatic carbocycles. The molecule has 4 heterocycles. The van der Waals surface area contributed by atoms with Gasteiger partial charge in [0.05, 0.1) is 23.2 Å². The van der Waals surface area contributed by atoms with Gasteiger partial charge >= 0.3 is 0 Å². The Kier molecular flexibility index (Phi) is 4.31. The highest BCUT2D eigenvalue weighted by Gasteiger charge is 2.24. The first-order chi connectivity index (χ1) is 13.7. The van der Waals surface area contributed by atoms with Gasteiger partial charge in [-0.15, -0.1) is 0 Å². The lowest BCUT2D eigenvalue weighted by atomic mass is 10.1. The van der Waals surface area contributed by atoms with Crippen molar-refractivity contribution in [2.45, 2.75) is 38.3 Å². The molecule has 0 amide bonds. The molecule has 1 saturated heterocycles. The minimum Gasteiger partial charge on any atom is -0.367 e. The molecule has 5 rings (SSSR count). The first-order valence-electron chi connectivity index (χ1n) is 9.98. The van der Waals surface area contributed by atoms with Gasteiger partial charge < -0.3 is 9.88 Å². The van der Waals surface area contributed by atoms with Crippen molar-refractivity contribution in [3.63, 3.8) is 0 Å². The standard InChI is InChI=1S/C21H24N6O/c1-26-13-23-18-10-17(25-20(19(18)21(26)28)24-15-6-7-15)14-4-5-16(22-11-14)12-27-8-2-3-9-27/h4-5,10-11,13,15H,2-3,6-9,12H2,1H3,(H,24,25). The lowest BCUT2D eigenvalue weighted by Crippen LogP contribution is -2.20. The Morgan fingerprint density at radius 2 is 2.00 bits per heavy atom. The Hall–Kier alpha value is -2.80. The van der Waals surface area contributed by atoms with Gasteiger partial charge in [-0.3, -0.25) is 14.7 Å². The number of rotatable bonds is 5. The zero-order chi connectivity index (χ0) is 19.1. The summed E-state index contributed by atoms with van der Waals surface area (Å²) in [6, 6.07) is 6.42. The highest BCUT2D eigenvalue weighted by molar-refractivity contribution is 5.91. The van der Waals surface area contributed by atoms with E-state index in [1.165, 1.54) is 17.4 Å². The lowest BCUT2D eigenvalue weighted by molar-refractivity contribution is 0.327. The van der Waals surface area contributed by atoms with Crippen LogP contribution in [-0.2, 0) is 13.6 Å². The maximum absolute atomic E-state index is 12.6. The van der Waals surface area contributed by atoms with Gasteiger partial charge in [0, 0.05) is 31.4 Å². The minimum atomic E-state index is -0.0775. The summed E-state index contributed by atoms with van der Waals surface area (Å²) in [6.45, 7) is 3.22. The molecule has 2 aliphatic rings. The summed E-state index contributed by atoms with van der Waals surface area (Å²) in [6.07, 6.45) is 8.22. The van der Waals surface area contributed by atoms with Crippen LogP contribution in [0.1, 0.15) is 31.4 Å². The van der Waals surface area contributed by atoms with E-state index in [9.17, 15) is 4.79 Å². The summed E-state index contributed by atoms with van der Waals surface area (Å²) in [4.78, 5) is 28.9. The van der Waals surface area contributed by atoms with Crippen LogP contribution >= 0.6 is 0 Å². The fourth-order valence-electron chi connectivity index (χ4n) is 3.73. The van der Waals surface area contributed by atoms with E-state index in [2.05, 4.69) is 32.3 Å². The number of hydrogen-bond acceptors (Lipinski definition) is 6.